The quantitative estimate of drug-likeness (QED) is 0.245. The maximum absolute atomic E-state index is 4.28. The van der Waals surface area contributed by atoms with Crippen molar-refractivity contribution in [1.82, 2.24) is 4.90 Å². The molecule has 0 radical (unpaired) electrons. The van der Waals surface area contributed by atoms with Crippen molar-refractivity contribution in [3.05, 3.63) is 12.7 Å². The van der Waals surface area contributed by atoms with E-state index in [1.54, 1.807) is 13.3 Å². The fourth-order valence-electron chi connectivity index (χ4n) is 3.81. The summed E-state index contributed by atoms with van der Waals surface area (Å²) in [7, 11) is 0. The topological polar surface area (TPSA) is 3.24 Å². The van der Waals surface area contributed by atoms with Crippen LogP contribution in [0.5, 0.6) is 0 Å². The fraction of sp³-hybridized carbons (Fsp3) is 0.895. The number of hydrogen-bond acceptors (Lipinski definition) is 1. The Morgan fingerprint density at radius 2 is 1.19 bits per heavy atom. The Morgan fingerprint density at radius 3 is 1.43 bits per heavy atom. The van der Waals surface area contributed by atoms with Crippen LogP contribution < -0.4 is 0 Å². The van der Waals surface area contributed by atoms with Crippen LogP contribution in [0, 0.1) is 0 Å². The second kappa shape index (κ2) is 13.0. The molecule has 0 aromatic rings. The van der Waals surface area contributed by atoms with Crippen molar-refractivity contribution in [3.8, 4) is 0 Å². The molecule has 0 aromatic heterocycles. The molecule has 0 rings (SSSR count). The number of likely N-dealkylation sites (N-methyl/N-ethyl adjacent to an activating group) is 1. The number of hydrogen-bond donors (Lipinski definition) is 0. The third-order valence-corrected chi connectivity index (χ3v) is 22.0. The molecule has 0 aliphatic carbocycles. The first-order chi connectivity index (χ1) is 10.2. The van der Waals surface area contributed by atoms with Crippen molar-refractivity contribution in [2.45, 2.75) is 90.5 Å². The number of rotatable bonds is 14. The summed E-state index contributed by atoms with van der Waals surface area (Å²) < 4.78 is 5.51. The van der Waals surface area contributed by atoms with Gasteiger partial charge in [0, 0.05) is 0 Å². The summed E-state index contributed by atoms with van der Waals surface area (Å²) >= 11 is -2.18. The normalized spacial score (nSPS) is 13.6. The third kappa shape index (κ3) is 7.07. The van der Waals surface area contributed by atoms with Gasteiger partial charge in [0.1, 0.15) is 0 Å². The van der Waals surface area contributed by atoms with Crippen molar-refractivity contribution < 1.29 is 0 Å². The Bertz CT molecular complexity index is 226. The number of nitrogens with zero attached hydrogens (tertiary/aromatic N) is 1. The zero-order valence-electron chi connectivity index (χ0n) is 15.6. The van der Waals surface area contributed by atoms with Gasteiger partial charge >= 0.3 is 140 Å². The molecule has 0 N–H and O–H groups in total. The molecule has 1 unspecified atom stereocenters. The van der Waals surface area contributed by atoms with E-state index < -0.39 is 18.4 Å². The number of unbranched alkanes of at least 4 members (excludes halogenated alkanes) is 3. The van der Waals surface area contributed by atoms with E-state index in [4.69, 9.17) is 0 Å². The standard InChI is InChI=1S/C7H14N.3C4H9.Sn/c1-4-7-8(5-2)6-3;3*1-3-4-2;/h4,7H,1,5-6H2,2-3H3;3*1,3-4H2,2H3;. The summed E-state index contributed by atoms with van der Waals surface area (Å²) in [4.78, 5) is 2.73. The molecule has 2 heteroatoms. The van der Waals surface area contributed by atoms with Crippen LogP contribution >= 0.6 is 0 Å². The van der Waals surface area contributed by atoms with Gasteiger partial charge in [-0.25, -0.2) is 0 Å². The Balaban J connectivity index is 5.35. The van der Waals surface area contributed by atoms with Crippen LogP contribution in [-0.4, -0.2) is 40.4 Å². The minimum absolute atomic E-state index is 0.763. The van der Waals surface area contributed by atoms with Crippen LogP contribution in [0.25, 0.3) is 0 Å². The Hall–Kier alpha value is 0.499. The van der Waals surface area contributed by atoms with Crippen LogP contribution in [0.4, 0.5) is 0 Å². The first-order valence-electron chi connectivity index (χ1n) is 9.52. The van der Waals surface area contributed by atoms with E-state index in [1.165, 1.54) is 51.6 Å². The average molecular weight is 402 g/mol. The van der Waals surface area contributed by atoms with Crippen LogP contribution in [0.2, 0.25) is 13.3 Å². The minimum atomic E-state index is -2.18. The third-order valence-electron chi connectivity index (χ3n) is 5.14. The van der Waals surface area contributed by atoms with Gasteiger partial charge in [-0.15, -0.1) is 0 Å². The van der Waals surface area contributed by atoms with Crippen molar-refractivity contribution in [2.24, 2.45) is 0 Å². The molecule has 21 heavy (non-hydrogen) atoms. The Labute approximate surface area is 139 Å². The van der Waals surface area contributed by atoms with E-state index >= 15 is 0 Å². The molecule has 1 nitrogen and oxygen atoms in total. The van der Waals surface area contributed by atoms with E-state index in [0.29, 0.717) is 0 Å². The molecule has 0 amide bonds. The Kier molecular flexibility index (Phi) is 13.3. The summed E-state index contributed by atoms with van der Waals surface area (Å²) in [5.41, 5.74) is 0. The van der Waals surface area contributed by atoms with Gasteiger partial charge < -0.3 is 0 Å². The molecule has 0 saturated carbocycles. The monoisotopic (exact) mass is 403 g/mol. The fourth-order valence-corrected chi connectivity index (χ4v) is 22.2. The SMILES string of the molecule is C=C[CH](N(CC)CC)[Sn]([CH2]CCC)([CH2]CCC)[CH2]CCC. The van der Waals surface area contributed by atoms with E-state index in [1.807, 2.05) is 0 Å². The zero-order chi connectivity index (χ0) is 16.1. The molecular formula is C19H41NSn. The summed E-state index contributed by atoms with van der Waals surface area (Å²) in [6, 6.07) is 0. The van der Waals surface area contributed by atoms with Gasteiger partial charge in [-0.1, -0.05) is 0 Å². The van der Waals surface area contributed by atoms with Crippen LogP contribution in [0.3, 0.4) is 0 Å². The molecule has 0 fully saturated rings. The van der Waals surface area contributed by atoms with Crippen molar-refractivity contribution in [1.29, 1.82) is 0 Å². The van der Waals surface area contributed by atoms with Gasteiger partial charge in [0.05, 0.1) is 0 Å². The van der Waals surface area contributed by atoms with E-state index in [0.717, 1.165) is 4.06 Å². The summed E-state index contributed by atoms with van der Waals surface area (Å²) in [5.74, 6) is 0. The van der Waals surface area contributed by atoms with E-state index in [2.05, 4.69) is 52.2 Å². The van der Waals surface area contributed by atoms with Crippen LogP contribution in [0.1, 0.15) is 73.1 Å². The van der Waals surface area contributed by atoms with Crippen molar-refractivity contribution >= 4 is 18.4 Å². The predicted molar refractivity (Wildman–Crippen MR) is 102 cm³/mol. The van der Waals surface area contributed by atoms with Crippen LogP contribution in [-0.2, 0) is 0 Å². The second-order valence-corrected chi connectivity index (χ2v) is 20.3. The molecule has 0 bridgehead atoms. The zero-order valence-corrected chi connectivity index (χ0v) is 18.4. The van der Waals surface area contributed by atoms with Crippen molar-refractivity contribution in [2.75, 3.05) is 13.1 Å². The molecule has 0 saturated heterocycles. The molecule has 0 aromatic carbocycles. The van der Waals surface area contributed by atoms with Gasteiger partial charge in [0.15, 0.2) is 0 Å². The molecule has 1 atom stereocenters. The summed E-state index contributed by atoms with van der Waals surface area (Å²) in [6.07, 6.45) is 10.8. The summed E-state index contributed by atoms with van der Waals surface area (Å²) in [6.45, 7) is 18.4. The van der Waals surface area contributed by atoms with Crippen LogP contribution in [0.15, 0.2) is 12.7 Å². The first kappa shape index (κ1) is 21.5. The van der Waals surface area contributed by atoms with Gasteiger partial charge in [-0.2, -0.15) is 0 Å². The van der Waals surface area contributed by atoms with Gasteiger partial charge in [-0.3, -0.25) is 0 Å². The van der Waals surface area contributed by atoms with Gasteiger partial charge in [0.25, 0.3) is 0 Å². The van der Waals surface area contributed by atoms with Crippen molar-refractivity contribution in [3.63, 3.8) is 0 Å². The molecule has 0 heterocycles. The maximum atomic E-state index is 4.28. The van der Waals surface area contributed by atoms with E-state index in [-0.39, 0.29) is 0 Å². The second-order valence-electron chi connectivity index (χ2n) is 6.57. The molecule has 0 spiro atoms. The Morgan fingerprint density at radius 1 is 0.810 bits per heavy atom. The molecular weight excluding hydrogens is 361 g/mol. The van der Waals surface area contributed by atoms with E-state index in [9.17, 15) is 0 Å². The summed E-state index contributed by atoms with van der Waals surface area (Å²) in [5, 5.41) is 0. The van der Waals surface area contributed by atoms with Gasteiger partial charge in [0.2, 0.25) is 0 Å². The predicted octanol–water partition coefficient (Wildman–Crippen LogP) is 6.27. The molecule has 0 aliphatic rings. The average Bonchev–Trinajstić information content (AvgIpc) is 2.52. The first-order valence-corrected chi connectivity index (χ1v) is 17.2. The van der Waals surface area contributed by atoms with Gasteiger partial charge in [-0.05, 0) is 0 Å². The molecule has 0 aliphatic heterocycles. The molecule has 126 valence electrons.